The van der Waals surface area contributed by atoms with Crippen molar-refractivity contribution in [2.75, 3.05) is 13.1 Å². The summed E-state index contributed by atoms with van der Waals surface area (Å²) in [5, 5.41) is 5.40. The Morgan fingerprint density at radius 2 is 1.83 bits per heavy atom. The van der Waals surface area contributed by atoms with Crippen molar-refractivity contribution in [3.05, 3.63) is 47.5 Å². The van der Waals surface area contributed by atoms with Crippen LogP contribution in [0, 0.1) is 0 Å². The number of allylic oxidation sites excluding steroid dienone is 1. The molecule has 2 rings (SSSR count). The van der Waals surface area contributed by atoms with E-state index in [2.05, 4.69) is 16.7 Å². The van der Waals surface area contributed by atoms with Gasteiger partial charge < -0.3 is 10.6 Å². The molecule has 4 nitrogen and oxygen atoms in total. The van der Waals surface area contributed by atoms with Gasteiger partial charge in [-0.05, 0) is 43.6 Å². The molecule has 2 amide bonds. The fourth-order valence-electron chi connectivity index (χ4n) is 2.77. The molecule has 0 saturated carbocycles. The van der Waals surface area contributed by atoms with E-state index in [1.807, 2.05) is 37.3 Å². The molecular formula is C19H26N2O2. The Bertz CT molecular complexity index is 552. The Kier molecular flexibility index (Phi) is 6.85. The normalized spacial score (nSPS) is 15.4. The average Bonchev–Trinajstić information content (AvgIpc) is 2.61. The molecule has 124 valence electrons. The highest BCUT2D eigenvalue weighted by Gasteiger charge is 2.14. The van der Waals surface area contributed by atoms with Gasteiger partial charge in [0.05, 0.1) is 0 Å². The Morgan fingerprint density at radius 1 is 1.09 bits per heavy atom. The second kappa shape index (κ2) is 9.13. The first kappa shape index (κ1) is 17.3. The molecule has 0 unspecified atom stereocenters. The van der Waals surface area contributed by atoms with Crippen molar-refractivity contribution in [2.24, 2.45) is 0 Å². The van der Waals surface area contributed by atoms with E-state index >= 15 is 0 Å². The summed E-state index contributed by atoms with van der Waals surface area (Å²) < 4.78 is 0. The molecule has 0 fully saturated rings. The van der Waals surface area contributed by atoms with E-state index in [4.69, 9.17) is 0 Å². The molecular weight excluding hydrogens is 288 g/mol. The van der Waals surface area contributed by atoms with Gasteiger partial charge in [0.1, 0.15) is 0 Å². The summed E-state index contributed by atoms with van der Waals surface area (Å²) in [6.45, 7) is 3.02. The largest absolute Gasteiger partial charge is 0.348 e. The number of carbonyl (C=O) groups is 2. The molecule has 0 heterocycles. The molecule has 23 heavy (non-hydrogen) atoms. The van der Waals surface area contributed by atoms with E-state index in [9.17, 15) is 9.59 Å². The molecule has 0 bridgehead atoms. The van der Waals surface area contributed by atoms with Crippen molar-refractivity contribution in [1.29, 1.82) is 0 Å². The highest BCUT2D eigenvalue weighted by Crippen LogP contribution is 2.19. The Labute approximate surface area is 138 Å². The number of hydrogen-bond acceptors (Lipinski definition) is 2. The van der Waals surface area contributed by atoms with E-state index in [1.165, 1.54) is 18.4 Å². The van der Waals surface area contributed by atoms with Crippen LogP contribution in [0.4, 0.5) is 0 Å². The molecule has 0 saturated heterocycles. The van der Waals surface area contributed by atoms with Crippen LogP contribution < -0.4 is 10.6 Å². The second-order valence-corrected chi connectivity index (χ2v) is 6.14. The van der Waals surface area contributed by atoms with E-state index in [0.29, 0.717) is 13.1 Å². The Morgan fingerprint density at radius 3 is 2.52 bits per heavy atom. The second-order valence-electron chi connectivity index (χ2n) is 6.14. The topological polar surface area (TPSA) is 58.2 Å². The summed E-state index contributed by atoms with van der Waals surface area (Å²) in [6.07, 6.45) is 7.87. The number of nitrogens with one attached hydrogen (secondary N) is 2. The zero-order valence-electron chi connectivity index (χ0n) is 13.8. The van der Waals surface area contributed by atoms with E-state index in [-0.39, 0.29) is 5.92 Å². The number of carbonyl (C=O) groups excluding carboxylic acids is 2. The van der Waals surface area contributed by atoms with Crippen molar-refractivity contribution in [1.82, 2.24) is 10.6 Å². The van der Waals surface area contributed by atoms with Crippen LogP contribution in [0.5, 0.6) is 0 Å². The van der Waals surface area contributed by atoms with Crippen molar-refractivity contribution >= 4 is 11.8 Å². The lowest BCUT2D eigenvalue weighted by molar-refractivity contribution is -0.139. The molecule has 0 aromatic heterocycles. The maximum Gasteiger partial charge on any atom is 0.309 e. The molecule has 2 N–H and O–H groups in total. The summed E-state index contributed by atoms with van der Waals surface area (Å²) >= 11 is 0. The van der Waals surface area contributed by atoms with E-state index in [1.54, 1.807) is 0 Å². The van der Waals surface area contributed by atoms with E-state index in [0.717, 1.165) is 24.8 Å². The predicted molar refractivity (Wildman–Crippen MR) is 92.0 cm³/mol. The predicted octanol–water partition coefficient (Wildman–Crippen LogP) is 2.91. The molecule has 1 atom stereocenters. The smallest absolute Gasteiger partial charge is 0.309 e. The summed E-state index contributed by atoms with van der Waals surface area (Å²) in [4.78, 5) is 23.6. The third-order valence-electron chi connectivity index (χ3n) is 4.26. The van der Waals surface area contributed by atoms with Crippen LogP contribution in [0.3, 0.4) is 0 Å². The van der Waals surface area contributed by atoms with Crippen molar-refractivity contribution in [2.45, 2.75) is 44.9 Å². The van der Waals surface area contributed by atoms with Gasteiger partial charge in [0.25, 0.3) is 0 Å². The minimum atomic E-state index is -0.551. The minimum absolute atomic E-state index is 0.181. The van der Waals surface area contributed by atoms with Crippen LogP contribution in [0.2, 0.25) is 0 Å². The number of amides is 2. The van der Waals surface area contributed by atoms with Crippen molar-refractivity contribution in [3.8, 4) is 0 Å². The monoisotopic (exact) mass is 314 g/mol. The van der Waals surface area contributed by atoms with E-state index < -0.39 is 11.8 Å². The fourth-order valence-corrected chi connectivity index (χ4v) is 2.77. The summed E-state index contributed by atoms with van der Waals surface area (Å²) in [5.41, 5.74) is 2.55. The molecule has 1 aliphatic rings. The van der Waals surface area contributed by atoms with Crippen LogP contribution in [0.1, 0.15) is 50.5 Å². The molecule has 0 spiro atoms. The van der Waals surface area contributed by atoms with Gasteiger partial charge in [-0.3, -0.25) is 9.59 Å². The fraction of sp³-hybridized carbons (Fsp3) is 0.474. The van der Waals surface area contributed by atoms with Gasteiger partial charge in [0.15, 0.2) is 0 Å². The summed E-state index contributed by atoms with van der Waals surface area (Å²) in [7, 11) is 0. The first-order chi connectivity index (χ1) is 11.2. The summed E-state index contributed by atoms with van der Waals surface area (Å²) in [5.74, 6) is -0.910. The van der Waals surface area contributed by atoms with Gasteiger partial charge in [-0.1, -0.05) is 48.9 Å². The van der Waals surface area contributed by atoms with Gasteiger partial charge in [-0.25, -0.2) is 0 Å². The molecule has 4 heteroatoms. The van der Waals surface area contributed by atoms with Gasteiger partial charge in [0, 0.05) is 13.1 Å². The number of benzene rings is 1. The minimum Gasteiger partial charge on any atom is -0.348 e. The molecule has 1 aromatic carbocycles. The van der Waals surface area contributed by atoms with Gasteiger partial charge >= 0.3 is 11.8 Å². The molecule has 0 aliphatic heterocycles. The van der Waals surface area contributed by atoms with Crippen LogP contribution in [-0.2, 0) is 9.59 Å². The standard InChI is InChI=1S/C19H26N2O2/c1-15(17-10-6-3-7-11-17)14-21-19(23)18(22)20-13-12-16-8-4-2-5-9-16/h3,6-8,10-11,15H,2,4-5,9,12-14H2,1H3,(H,20,22)(H,21,23)/t15-/m0/s1. The Balaban J connectivity index is 1.66. The Hall–Kier alpha value is -2.10. The third kappa shape index (κ3) is 5.89. The highest BCUT2D eigenvalue weighted by atomic mass is 16.2. The molecule has 1 aliphatic carbocycles. The quantitative estimate of drug-likeness (QED) is 0.626. The number of rotatable bonds is 6. The zero-order chi connectivity index (χ0) is 16.5. The molecule has 1 aromatic rings. The lowest BCUT2D eigenvalue weighted by Crippen LogP contribution is -2.41. The maximum atomic E-state index is 11.8. The van der Waals surface area contributed by atoms with Gasteiger partial charge in [-0.2, -0.15) is 0 Å². The molecule has 0 radical (unpaired) electrons. The van der Waals surface area contributed by atoms with Gasteiger partial charge in [-0.15, -0.1) is 0 Å². The van der Waals surface area contributed by atoms with Crippen molar-refractivity contribution in [3.63, 3.8) is 0 Å². The van der Waals surface area contributed by atoms with Crippen molar-refractivity contribution < 1.29 is 9.59 Å². The summed E-state index contributed by atoms with van der Waals surface area (Å²) in [6, 6.07) is 9.95. The zero-order valence-corrected chi connectivity index (χ0v) is 13.8. The SMILES string of the molecule is C[C@@H](CNC(=O)C(=O)NCCC1=CCCCC1)c1ccccc1. The van der Waals surface area contributed by atoms with Crippen LogP contribution in [0.25, 0.3) is 0 Å². The van der Waals surface area contributed by atoms with Gasteiger partial charge in [0.2, 0.25) is 0 Å². The van der Waals surface area contributed by atoms with Crippen LogP contribution >= 0.6 is 0 Å². The maximum absolute atomic E-state index is 11.8. The van der Waals surface area contributed by atoms with Crippen LogP contribution in [0.15, 0.2) is 42.0 Å². The first-order valence-electron chi connectivity index (χ1n) is 8.45. The lowest BCUT2D eigenvalue weighted by Gasteiger charge is -2.14. The third-order valence-corrected chi connectivity index (χ3v) is 4.26. The number of hydrogen-bond donors (Lipinski definition) is 2. The average molecular weight is 314 g/mol. The first-order valence-corrected chi connectivity index (χ1v) is 8.45. The highest BCUT2D eigenvalue weighted by molar-refractivity contribution is 6.35. The van der Waals surface area contributed by atoms with Crippen LogP contribution in [-0.4, -0.2) is 24.9 Å². The lowest BCUT2D eigenvalue weighted by atomic mass is 9.97.